The maximum atomic E-state index is 12.3. The number of nitriles is 1. The Morgan fingerprint density at radius 1 is 1.62 bits per heavy atom. The van der Waals surface area contributed by atoms with Gasteiger partial charge in [-0.25, -0.2) is 13.8 Å². The van der Waals surface area contributed by atoms with Crippen LogP contribution in [0.5, 0.6) is 0 Å². The van der Waals surface area contributed by atoms with Gasteiger partial charge in [-0.2, -0.15) is 5.26 Å². The van der Waals surface area contributed by atoms with Crippen molar-refractivity contribution in [3.8, 4) is 6.07 Å². The lowest BCUT2D eigenvalue weighted by molar-refractivity contribution is 0.149. The van der Waals surface area contributed by atoms with Gasteiger partial charge in [0, 0.05) is 0 Å². The van der Waals surface area contributed by atoms with Gasteiger partial charge in [0.2, 0.25) is 0 Å². The van der Waals surface area contributed by atoms with Crippen molar-refractivity contribution >= 4 is 21.7 Å². The summed E-state index contributed by atoms with van der Waals surface area (Å²) in [6, 6.07) is 2.75. The van der Waals surface area contributed by atoms with Gasteiger partial charge >= 0.3 is 0 Å². The van der Waals surface area contributed by atoms with E-state index in [0.717, 1.165) is 6.07 Å². The SMILES string of the molecule is N#Cc1cc(N)nc(Br)c1C(F)F. The summed E-state index contributed by atoms with van der Waals surface area (Å²) in [5.74, 6) is 0.0350. The maximum absolute atomic E-state index is 12.3. The first-order valence-electron chi connectivity index (χ1n) is 3.20. The van der Waals surface area contributed by atoms with E-state index in [0.29, 0.717) is 0 Å². The molecule has 1 aromatic heterocycles. The highest BCUT2D eigenvalue weighted by molar-refractivity contribution is 9.10. The van der Waals surface area contributed by atoms with Gasteiger partial charge in [-0.05, 0) is 22.0 Å². The zero-order valence-corrected chi connectivity index (χ0v) is 7.85. The number of rotatable bonds is 1. The van der Waals surface area contributed by atoms with Crippen molar-refractivity contribution in [3.63, 3.8) is 0 Å². The fourth-order valence-electron chi connectivity index (χ4n) is 0.843. The van der Waals surface area contributed by atoms with Crippen molar-refractivity contribution < 1.29 is 8.78 Å². The predicted octanol–water partition coefficient (Wildman–Crippen LogP) is 2.24. The van der Waals surface area contributed by atoms with Crippen molar-refractivity contribution in [1.82, 2.24) is 4.98 Å². The standard InChI is InChI=1S/C7H4BrF2N3/c8-6-5(7(9)10)3(2-11)1-4(12)13-6/h1,7H,(H2,12,13). The second kappa shape index (κ2) is 3.66. The first-order chi connectivity index (χ1) is 6.06. The Hall–Kier alpha value is -1.22. The lowest BCUT2D eigenvalue weighted by Crippen LogP contribution is -1.99. The molecule has 6 heteroatoms. The van der Waals surface area contributed by atoms with Gasteiger partial charge in [0.05, 0.1) is 17.2 Å². The number of hydrogen-bond acceptors (Lipinski definition) is 3. The minimum atomic E-state index is -2.74. The summed E-state index contributed by atoms with van der Waals surface area (Å²) >= 11 is 2.82. The molecule has 0 fully saturated rings. The van der Waals surface area contributed by atoms with Gasteiger partial charge in [0.1, 0.15) is 10.4 Å². The molecule has 0 amide bonds. The fraction of sp³-hybridized carbons (Fsp3) is 0.143. The van der Waals surface area contributed by atoms with Crippen LogP contribution in [0.4, 0.5) is 14.6 Å². The Balaban J connectivity index is 3.41. The topological polar surface area (TPSA) is 62.7 Å². The van der Waals surface area contributed by atoms with Crippen LogP contribution in [0, 0.1) is 11.3 Å². The van der Waals surface area contributed by atoms with Crippen molar-refractivity contribution in [2.24, 2.45) is 0 Å². The Labute approximate surface area is 81.3 Å². The van der Waals surface area contributed by atoms with Crippen LogP contribution >= 0.6 is 15.9 Å². The third kappa shape index (κ3) is 1.92. The van der Waals surface area contributed by atoms with Gasteiger partial charge in [0.25, 0.3) is 6.43 Å². The summed E-state index contributed by atoms with van der Waals surface area (Å²) < 4.78 is 24.6. The Morgan fingerprint density at radius 2 is 2.23 bits per heavy atom. The van der Waals surface area contributed by atoms with Gasteiger partial charge < -0.3 is 5.73 Å². The molecule has 1 heterocycles. The number of nitrogens with zero attached hydrogens (tertiary/aromatic N) is 2. The zero-order valence-electron chi connectivity index (χ0n) is 6.26. The van der Waals surface area contributed by atoms with E-state index in [9.17, 15) is 8.78 Å². The minimum Gasteiger partial charge on any atom is -0.384 e. The molecule has 3 nitrogen and oxygen atoms in total. The average Bonchev–Trinajstić information content (AvgIpc) is 2.01. The number of hydrogen-bond donors (Lipinski definition) is 1. The molecule has 0 atom stereocenters. The van der Waals surface area contributed by atoms with E-state index < -0.39 is 12.0 Å². The third-order valence-electron chi connectivity index (χ3n) is 1.37. The van der Waals surface area contributed by atoms with Crippen molar-refractivity contribution in [2.75, 3.05) is 5.73 Å². The molecule has 0 saturated heterocycles. The van der Waals surface area contributed by atoms with Gasteiger partial charge in [-0.1, -0.05) is 0 Å². The normalized spacial score (nSPS) is 10.1. The fourth-order valence-corrected chi connectivity index (χ4v) is 1.43. The molecule has 2 N–H and O–H groups in total. The molecule has 13 heavy (non-hydrogen) atoms. The second-order valence-corrected chi connectivity index (χ2v) is 2.96. The van der Waals surface area contributed by atoms with Crippen LogP contribution in [0.1, 0.15) is 17.6 Å². The van der Waals surface area contributed by atoms with E-state index in [1.54, 1.807) is 6.07 Å². The molecular weight excluding hydrogens is 244 g/mol. The number of halogens is 3. The summed E-state index contributed by atoms with van der Waals surface area (Å²) in [5.41, 5.74) is 4.69. The molecule has 0 aromatic carbocycles. The van der Waals surface area contributed by atoms with Gasteiger partial charge in [-0.15, -0.1) is 0 Å². The number of nitrogens with two attached hydrogens (primary N) is 1. The van der Waals surface area contributed by atoms with Crippen LogP contribution < -0.4 is 5.73 Å². The van der Waals surface area contributed by atoms with Crippen LogP contribution in [0.2, 0.25) is 0 Å². The molecule has 0 aliphatic heterocycles. The number of pyridine rings is 1. The molecule has 0 spiro atoms. The maximum Gasteiger partial charge on any atom is 0.267 e. The molecule has 1 rings (SSSR count). The molecule has 0 aliphatic carbocycles. The number of alkyl halides is 2. The van der Waals surface area contributed by atoms with Crippen molar-refractivity contribution in [3.05, 3.63) is 21.8 Å². The molecule has 1 aromatic rings. The zero-order chi connectivity index (χ0) is 10.0. The lowest BCUT2D eigenvalue weighted by atomic mass is 10.1. The minimum absolute atomic E-state index is 0.0350. The van der Waals surface area contributed by atoms with Crippen LogP contribution in [-0.2, 0) is 0 Å². The molecule has 0 bridgehead atoms. The summed E-state index contributed by atoms with van der Waals surface area (Å²) in [7, 11) is 0. The van der Waals surface area contributed by atoms with E-state index in [-0.39, 0.29) is 16.0 Å². The van der Waals surface area contributed by atoms with Crippen molar-refractivity contribution in [1.29, 1.82) is 5.26 Å². The van der Waals surface area contributed by atoms with E-state index in [1.807, 2.05) is 0 Å². The van der Waals surface area contributed by atoms with E-state index >= 15 is 0 Å². The summed E-state index contributed by atoms with van der Waals surface area (Å²) in [6.07, 6.45) is -2.74. The molecule has 0 saturated carbocycles. The number of anilines is 1. The predicted molar refractivity (Wildman–Crippen MR) is 46.0 cm³/mol. The average molecular weight is 248 g/mol. The molecular formula is C7H4BrF2N3. The highest BCUT2D eigenvalue weighted by atomic mass is 79.9. The van der Waals surface area contributed by atoms with Crippen LogP contribution in [0.25, 0.3) is 0 Å². The smallest absolute Gasteiger partial charge is 0.267 e. The monoisotopic (exact) mass is 247 g/mol. The summed E-state index contributed by atoms with van der Waals surface area (Å²) in [6.45, 7) is 0. The Bertz CT molecular complexity index is 373. The van der Waals surface area contributed by atoms with Crippen LogP contribution in [0.15, 0.2) is 10.7 Å². The first-order valence-corrected chi connectivity index (χ1v) is 3.99. The quantitative estimate of drug-likeness (QED) is 0.775. The van der Waals surface area contributed by atoms with Gasteiger partial charge in [-0.3, -0.25) is 0 Å². The Kier molecular flexibility index (Phi) is 2.78. The van der Waals surface area contributed by atoms with E-state index in [4.69, 9.17) is 11.0 Å². The van der Waals surface area contributed by atoms with Crippen LogP contribution in [-0.4, -0.2) is 4.98 Å². The van der Waals surface area contributed by atoms with E-state index in [1.165, 1.54) is 0 Å². The largest absolute Gasteiger partial charge is 0.384 e. The molecule has 0 aliphatic rings. The summed E-state index contributed by atoms with van der Waals surface area (Å²) in [5, 5.41) is 8.53. The third-order valence-corrected chi connectivity index (χ3v) is 1.98. The highest BCUT2D eigenvalue weighted by Gasteiger charge is 2.18. The van der Waals surface area contributed by atoms with E-state index in [2.05, 4.69) is 20.9 Å². The molecule has 68 valence electrons. The molecule has 0 radical (unpaired) electrons. The number of nitrogen functional groups attached to an aromatic ring is 1. The molecule has 0 unspecified atom stereocenters. The van der Waals surface area contributed by atoms with Gasteiger partial charge in [0.15, 0.2) is 0 Å². The highest BCUT2D eigenvalue weighted by Crippen LogP contribution is 2.29. The second-order valence-electron chi connectivity index (χ2n) is 2.21. The first kappa shape index (κ1) is 9.86. The summed E-state index contributed by atoms with van der Waals surface area (Å²) in [4.78, 5) is 3.57. The number of aromatic nitrogens is 1. The lowest BCUT2D eigenvalue weighted by Gasteiger charge is -2.05. The van der Waals surface area contributed by atoms with Crippen molar-refractivity contribution in [2.45, 2.75) is 6.43 Å². The van der Waals surface area contributed by atoms with Crippen LogP contribution in [0.3, 0.4) is 0 Å². The Morgan fingerprint density at radius 3 is 2.69 bits per heavy atom.